The number of nitrogens with zero attached hydrogens (tertiary/aromatic N) is 1. The number of amides is 2. The van der Waals surface area contributed by atoms with Gasteiger partial charge in [-0.1, -0.05) is 29.3 Å². The molecule has 1 fully saturated rings. The van der Waals surface area contributed by atoms with Gasteiger partial charge in [0.2, 0.25) is 0 Å². The Morgan fingerprint density at radius 3 is 2.62 bits per heavy atom. The Bertz CT molecular complexity index is 820. The minimum absolute atomic E-state index is 0.0134. The molecular formula is C19H18Cl2N2O3. The summed E-state index contributed by atoms with van der Waals surface area (Å²) in [7, 11) is 0. The highest BCUT2D eigenvalue weighted by Crippen LogP contribution is 2.27. The summed E-state index contributed by atoms with van der Waals surface area (Å²) in [5.41, 5.74) is 1.10. The lowest BCUT2D eigenvalue weighted by Gasteiger charge is -2.16. The molecule has 0 aliphatic carbocycles. The first-order valence-electron chi connectivity index (χ1n) is 8.30. The van der Waals surface area contributed by atoms with Crippen LogP contribution in [0.25, 0.3) is 0 Å². The molecule has 7 heteroatoms. The van der Waals surface area contributed by atoms with Crippen molar-refractivity contribution in [2.24, 2.45) is 0 Å². The average Bonchev–Trinajstić information content (AvgIpc) is 3.17. The lowest BCUT2D eigenvalue weighted by atomic mass is 10.1. The van der Waals surface area contributed by atoms with Gasteiger partial charge in [0.05, 0.1) is 5.02 Å². The predicted molar refractivity (Wildman–Crippen MR) is 102 cm³/mol. The molecule has 3 rings (SSSR count). The molecule has 1 heterocycles. The molecule has 0 radical (unpaired) electrons. The van der Waals surface area contributed by atoms with Crippen molar-refractivity contribution in [2.75, 3.05) is 25.0 Å². The number of likely N-dealkylation sites (tertiary alicyclic amines) is 1. The molecule has 2 aromatic carbocycles. The van der Waals surface area contributed by atoms with Gasteiger partial charge in [-0.3, -0.25) is 9.59 Å². The van der Waals surface area contributed by atoms with Gasteiger partial charge in [0.1, 0.15) is 5.75 Å². The Morgan fingerprint density at radius 1 is 1.08 bits per heavy atom. The van der Waals surface area contributed by atoms with Gasteiger partial charge in [-0.05, 0) is 43.2 Å². The van der Waals surface area contributed by atoms with Crippen LogP contribution in [-0.4, -0.2) is 36.4 Å². The van der Waals surface area contributed by atoms with Crippen LogP contribution < -0.4 is 10.1 Å². The Labute approximate surface area is 161 Å². The summed E-state index contributed by atoms with van der Waals surface area (Å²) in [6.07, 6.45) is 2.07. The summed E-state index contributed by atoms with van der Waals surface area (Å²) in [6, 6.07) is 11.7. The van der Waals surface area contributed by atoms with E-state index in [1.807, 2.05) is 4.90 Å². The first-order chi connectivity index (χ1) is 12.5. The van der Waals surface area contributed by atoms with E-state index in [-0.39, 0.29) is 18.4 Å². The van der Waals surface area contributed by atoms with Crippen molar-refractivity contribution >= 4 is 40.7 Å². The summed E-state index contributed by atoms with van der Waals surface area (Å²) in [5.74, 6) is -0.0281. The number of anilines is 1. The van der Waals surface area contributed by atoms with Gasteiger partial charge in [0, 0.05) is 35.4 Å². The number of carbonyl (C=O) groups excluding carboxylic acids is 2. The molecule has 1 saturated heterocycles. The lowest BCUT2D eigenvalue weighted by molar-refractivity contribution is -0.118. The number of carbonyl (C=O) groups is 2. The molecule has 2 aromatic rings. The van der Waals surface area contributed by atoms with Crippen LogP contribution in [0.5, 0.6) is 5.75 Å². The fraction of sp³-hybridized carbons (Fsp3) is 0.263. The highest BCUT2D eigenvalue weighted by molar-refractivity contribution is 6.34. The topological polar surface area (TPSA) is 58.6 Å². The quantitative estimate of drug-likeness (QED) is 0.827. The number of hydrogen-bond acceptors (Lipinski definition) is 3. The van der Waals surface area contributed by atoms with Crippen molar-refractivity contribution in [1.82, 2.24) is 4.90 Å². The first-order valence-corrected chi connectivity index (χ1v) is 9.05. The molecule has 1 N–H and O–H groups in total. The maximum absolute atomic E-state index is 12.4. The standard InChI is InChI=1S/C19H18Cl2N2O3/c20-14-6-7-16(21)17(11-14)26-12-18(24)22-15-5-3-4-13(10-15)19(25)23-8-1-2-9-23/h3-7,10-11H,1-2,8-9,12H2,(H,22,24). The van der Waals surface area contributed by atoms with E-state index in [0.29, 0.717) is 27.0 Å². The van der Waals surface area contributed by atoms with Crippen molar-refractivity contribution in [3.8, 4) is 5.75 Å². The van der Waals surface area contributed by atoms with Crippen molar-refractivity contribution in [3.05, 3.63) is 58.1 Å². The highest BCUT2D eigenvalue weighted by atomic mass is 35.5. The Hall–Kier alpha value is -2.24. The van der Waals surface area contributed by atoms with Crippen molar-refractivity contribution in [3.63, 3.8) is 0 Å². The van der Waals surface area contributed by atoms with Crippen LogP contribution in [0.3, 0.4) is 0 Å². The number of halogens is 2. The van der Waals surface area contributed by atoms with Crippen molar-refractivity contribution in [1.29, 1.82) is 0 Å². The zero-order valence-corrected chi connectivity index (χ0v) is 15.5. The summed E-state index contributed by atoms with van der Waals surface area (Å²) in [6.45, 7) is 1.34. The molecule has 0 unspecified atom stereocenters. The monoisotopic (exact) mass is 392 g/mol. The third-order valence-electron chi connectivity index (χ3n) is 4.04. The van der Waals surface area contributed by atoms with Gasteiger partial charge in [0.15, 0.2) is 6.61 Å². The van der Waals surface area contributed by atoms with E-state index >= 15 is 0 Å². The van der Waals surface area contributed by atoms with E-state index in [1.165, 1.54) is 0 Å². The molecule has 0 aromatic heterocycles. The predicted octanol–water partition coefficient (Wildman–Crippen LogP) is 4.25. The normalized spacial score (nSPS) is 13.5. The molecule has 0 saturated carbocycles. The zero-order valence-electron chi connectivity index (χ0n) is 14.0. The number of ether oxygens (including phenoxy) is 1. The second-order valence-corrected chi connectivity index (χ2v) is 6.84. The number of benzene rings is 2. The Morgan fingerprint density at radius 2 is 1.85 bits per heavy atom. The fourth-order valence-corrected chi connectivity index (χ4v) is 3.10. The molecule has 2 amide bonds. The number of rotatable bonds is 5. The molecule has 0 spiro atoms. The van der Waals surface area contributed by atoms with Gasteiger partial charge in [-0.25, -0.2) is 0 Å². The molecule has 5 nitrogen and oxygen atoms in total. The SMILES string of the molecule is O=C(COc1cc(Cl)ccc1Cl)Nc1cccc(C(=O)N2CCCC2)c1. The van der Waals surface area contributed by atoms with Crippen molar-refractivity contribution < 1.29 is 14.3 Å². The smallest absolute Gasteiger partial charge is 0.262 e. The number of hydrogen-bond donors (Lipinski definition) is 1. The van der Waals surface area contributed by atoms with Crippen LogP contribution in [0.4, 0.5) is 5.69 Å². The Kier molecular flexibility index (Phi) is 6.01. The molecule has 26 heavy (non-hydrogen) atoms. The molecule has 1 aliphatic rings. The summed E-state index contributed by atoms with van der Waals surface area (Å²) in [5, 5.41) is 3.57. The lowest BCUT2D eigenvalue weighted by Crippen LogP contribution is -2.27. The van der Waals surface area contributed by atoms with Gasteiger partial charge < -0.3 is 15.0 Å². The second-order valence-electron chi connectivity index (χ2n) is 5.99. The minimum atomic E-state index is -0.355. The first kappa shape index (κ1) is 18.5. The van der Waals surface area contributed by atoms with Crippen LogP contribution >= 0.6 is 23.2 Å². The zero-order chi connectivity index (χ0) is 18.5. The largest absolute Gasteiger partial charge is 0.482 e. The van der Waals surface area contributed by atoms with Crippen LogP contribution in [0.1, 0.15) is 23.2 Å². The van der Waals surface area contributed by atoms with Gasteiger partial charge in [-0.2, -0.15) is 0 Å². The molecular weight excluding hydrogens is 375 g/mol. The summed E-state index contributed by atoms with van der Waals surface area (Å²) in [4.78, 5) is 26.4. The van der Waals surface area contributed by atoms with E-state index in [4.69, 9.17) is 27.9 Å². The van der Waals surface area contributed by atoms with E-state index < -0.39 is 0 Å². The van der Waals surface area contributed by atoms with Gasteiger partial charge >= 0.3 is 0 Å². The average molecular weight is 393 g/mol. The van der Waals surface area contributed by atoms with E-state index in [0.717, 1.165) is 25.9 Å². The molecule has 1 aliphatic heterocycles. The van der Waals surface area contributed by atoms with Crippen molar-refractivity contribution in [2.45, 2.75) is 12.8 Å². The fourth-order valence-electron chi connectivity index (χ4n) is 2.76. The summed E-state index contributed by atoms with van der Waals surface area (Å²) >= 11 is 11.9. The molecule has 0 atom stereocenters. The minimum Gasteiger partial charge on any atom is -0.482 e. The maximum atomic E-state index is 12.4. The highest BCUT2D eigenvalue weighted by Gasteiger charge is 2.19. The van der Waals surface area contributed by atoms with Gasteiger partial charge in [0.25, 0.3) is 11.8 Å². The molecule has 136 valence electrons. The van der Waals surface area contributed by atoms with Crippen LogP contribution in [0.15, 0.2) is 42.5 Å². The third-order valence-corrected chi connectivity index (χ3v) is 4.59. The Balaban J connectivity index is 1.59. The van der Waals surface area contributed by atoms with Gasteiger partial charge in [-0.15, -0.1) is 0 Å². The number of nitrogens with one attached hydrogen (secondary N) is 1. The molecule has 0 bridgehead atoms. The van der Waals surface area contributed by atoms with Crippen LogP contribution in [0.2, 0.25) is 10.0 Å². The maximum Gasteiger partial charge on any atom is 0.262 e. The van der Waals surface area contributed by atoms with E-state index in [2.05, 4.69) is 5.32 Å². The third kappa shape index (κ3) is 4.68. The van der Waals surface area contributed by atoms with Crippen LogP contribution in [-0.2, 0) is 4.79 Å². The van der Waals surface area contributed by atoms with Crippen LogP contribution in [0, 0.1) is 0 Å². The van der Waals surface area contributed by atoms with E-state index in [1.54, 1.807) is 42.5 Å². The second kappa shape index (κ2) is 8.43. The summed E-state index contributed by atoms with van der Waals surface area (Å²) < 4.78 is 5.41. The van der Waals surface area contributed by atoms with E-state index in [9.17, 15) is 9.59 Å².